The Kier molecular flexibility index (Phi) is 5.17. The molecule has 0 aromatic rings. The van der Waals surface area contributed by atoms with Gasteiger partial charge in [-0.1, -0.05) is 19.1 Å². The Labute approximate surface area is 68.0 Å². The predicted molar refractivity (Wildman–Crippen MR) is 47.0 cm³/mol. The van der Waals surface area contributed by atoms with Crippen molar-refractivity contribution in [3.05, 3.63) is 23.9 Å². The van der Waals surface area contributed by atoms with E-state index in [1.54, 1.807) is 0 Å². The lowest BCUT2D eigenvalue weighted by Gasteiger charge is -2.00. The van der Waals surface area contributed by atoms with Gasteiger partial charge >= 0.3 is 0 Å². The van der Waals surface area contributed by atoms with Crippen molar-refractivity contribution in [1.29, 1.82) is 0 Å². The Morgan fingerprint density at radius 3 is 2.55 bits per heavy atom. The van der Waals surface area contributed by atoms with Crippen LogP contribution in [0.3, 0.4) is 0 Å². The molecule has 0 saturated heterocycles. The Morgan fingerprint density at radius 1 is 1.55 bits per heavy atom. The molecule has 0 aromatic carbocycles. The quantitative estimate of drug-likeness (QED) is 0.617. The van der Waals surface area contributed by atoms with Gasteiger partial charge in [0.05, 0.1) is 0 Å². The normalized spacial score (nSPS) is 12.1. The van der Waals surface area contributed by atoms with Gasteiger partial charge in [-0.25, -0.2) is 0 Å². The monoisotopic (exact) mass is 153 g/mol. The minimum atomic E-state index is -0.0252. The van der Waals surface area contributed by atoms with E-state index < -0.39 is 0 Å². The lowest BCUT2D eigenvalue weighted by Crippen LogP contribution is -2.17. The number of hydrogen-bond acceptors (Lipinski definition) is 1. The van der Waals surface area contributed by atoms with E-state index in [2.05, 4.69) is 5.32 Å². The maximum absolute atomic E-state index is 10.6. The summed E-state index contributed by atoms with van der Waals surface area (Å²) < 4.78 is 0. The number of hydrogen-bond donors (Lipinski definition) is 1. The molecule has 0 fully saturated rings. The Morgan fingerprint density at radius 2 is 2.18 bits per heavy atom. The minimum Gasteiger partial charge on any atom is -0.327 e. The summed E-state index contributed by atoms with van der Waals surface area (Å²) in [5.74, 6) is -0.0252. The first-order valence-electron chi connectivity index (χ1n) is 3.81. The second-order valence-electron chi connectivity index (χ2n) is 2.25. The van der Waals surface area contributed by atoms with Gasteiger partial charge in [0.25, 0.3) is 0 Å². The van der Waals surface area contributed by atoms with Crippen molar-refractivity contribution in [1.82, 2.24) is 5.32 Å². The van der Waals surface area contributed by atoms with Crippen LogP contribution < -0.4 is 5.32 Å². The average Bonchev–Trinajstić information content (AvgIpc) is 1.87. The van der Waals surface area contributed by atoms with Gasteiger partial charge in [-0.05, 0) is 19.4 Å². The molecule has 0 rings (SSSR count). The van der Waals surface area contributed by atoms with Gasteiger partial charge in [0.2, 0.25) is 5.91 Å². The summed E-state index contributed by atoms with van der Waals surface area (Å²) in [6, 6.07) is 0. The van der Waals surface area contributed by atoms with Gasteiger partial charge in [0.1, 0.15) is 0 Å². The van der Waals surface area contributed by atoms with E-state index in [9.17, 15) is 4.79 Å². The zero-order valence-corrected chi connectivity index (χ0v) is 7.35. The molecule has 0 aliphatic heterocycles. The van der Waals surface area contributed by atoms with Crippen molar-refractivity contribution in [2.75, 3.05) is 0 Å². The van der Waals surface area contributed by atoms with E-state index in [1.807, 2.05) is 32.1 Å². The summed E-state index contributed by atoms with van der Waals surface area (Å²) >= 11 is 0. The predicted octanol–water partition coefficient (Wildman–Crippen LogP) is 1.99. The first kappa shape index (κ1) is 9.95. The summed E-state index contributed by atoms with van der Waals surface area (Å²) in [5.41, 5.74) is 0.877. The Hall–Kier alpha value is -1.05. The molecule has 0 radical (unpaired) electrons. The zero-order chi connectivity index (χ0) is 8.69. The fraction of sp³-hybridized carbons (Fsp3) is 0.444. The maximum Gasteiger partial charge on any atom is 0.221 e. The topological polar surface area (TPSA) is 29.1 Å². The van der Waals surface area contributed by atoms with Crippen molar-refractivity contribution in [3.8, 4) is 0 Å². The van der Waals surface area contributed by atoms with Crippen LogP contribution >= 0.6 is 0 Å². The van der Waals surface area contributed by atoms with Crippen LogP contribution in [-0.4, -0.2) is 5.91 Å². The first-order chi connectivity index (χ1) is 5.20. The van der Waals surface area contributed by atoms with Crippen LogP contribution in [0.4, 0.5) is 0 Å². The number of carbonyl (C=O) groups excluding carboxylic acids is 1. The van der Waals surface area contributed by atoms with E-state index in [-0.39, 0.29) is 5.91 Å². The number of allylic oxidation sites excluding steroid dienone is 3. The number of carbonyl (C=O) groups is 1. The third-order valence-corrected chi connectivity index (χ3v) is 1.09. The van der Waals surface area contributed by atoms with Crippen molar-refractivity contribution >= 4 is 5.91 Å². The van der Waals surface area contributed by atoms with Gasteiger partial charge in [-0.15, -0.1) is 0 Å². The number of rotatable bonds is 3. The van der Waals surface area contributed by atoms with Crippen molar-refractivity contribution in [2.45, 2.75) is 27.2 Å². The second kappa shape index (κ2) is 5.71. The van der Waals surface area contributed by atoms with Crippen molar-refractivity contribution in [2.24, 2.45) is 0 Å². The lowest BCUT2D eigenvalue weighted by molar-refractivity contribution is -0.118. The van der Waals surface area contributed by atoms with Crippen molar-refractivity contribution < 1.29 is 4.79 Å². The number of amides is 1. The molecule has 11 heavy (non-hydrogen) atoms. The molecular weight excluding hydrogens is 138 g/mol. The Bertz CT molecular complexity index is 180. The molecule has 0 aliphatic rings. The molecule has 0 heterocycles. The van der Waals surface area contributed by atoms with Gasteiger partial charge in [-0.3, -0.25) is 4.79 Å². The van der Waals surface area contributed by atoms with Gasteiger partial charge in [0, 0.05) is 12.6 Å². The van der Waals surface area contributed by atoms with E-state index >= 15 is 0 Å². The van der Waals surface area contributed by atoms with Crippen LogP contribution in [0.25, 0.3) is 0 Å². The fourth-order valence-electron chi connectivity index (χ4n) is 0.763. The van der Waals surface area contributed by atoms with E-state index in [0.29, 0.717) is 0 Å². The summed E-state index contributed by atoms with van der Waals surface area (Å²) in [4.78, 5) is 10.6. The van der Waals surface area contributed by atoms with E-state index in [1.165, 1.54) is 6.92 Å². The third-order valence-electron chi connectivity index (χ3n) is 1.09. The summed E-state index contributed by atoms with van der Waals surface area (Å²) in [6.07, 6.45) is 6.68. The van der Waals surface area contributed by atoms with E-state index in [0.717, 1.165) is 12.1 Å². The van der Waals surface area contributed by atoms with Crippen LogP contribution in [0.15, 0.2) is 23.9 Å². The Balaban J connectivity index is 4.11. The van der Waals surface area contributed by atoms with Crippen molar-refractivity contribution in [3.63, 3.8) is 0 Å². The minimum absolute atomic E-state index is 0.0252. The van der Waals surface area contributed by atoms with Crippen LogP contribution in [0, 0.1) is 0 Å². The smallest absolute Gasteiger partial charge is 0.221 e. The van der Waals surface area contributed by atoms with Gasteiger partial charge < -0.3 is 5.32 Å². The molecule has 0 unspecified atom stereocenters. The summed E-state index contributed by atoms with van der Waals surface area (Å²) in [7, 11) is 0. The molecule has 0 atom stereocenters. The SMILES string of the molecule is C/C=C\C(=C/CC)NC(C)=O. The first-order valence-corrected chi connectivity index (χ1v) is 3.81. The zero-order valence-electron chi connectivity index (χ0n) is 7.35. The summed E-state index contributed by atoms with van der Waals surface area (Å²) in [6.45, 7) is 5.46. The highest BCUT2D eigenvalue weighted by atomic mass is 16.1. The number of nitrogens with one attached hydrogen (secondary N) is 1. The molecule has 2 heteroatoms. The van der Waals surface area contributed by atoms with Crippen LogP contribution in [-0.2, 0) is 4.79 Å². The van der Waals surface area contributed by atoms with Crippen LogP contribution in [0.2, 0.25) is 0 Å². The maximum atomic E-state index is 10.6. The van der Waals surface area contributed by atoms with Gasteiger partial charge in [-0.2, -0.15) is 0 Å². The molecule has 1 amide bonds. The standard InChI is InChI=1S/C9H15NO/c1-4-6-9(7-5-2)10-8(3)11/h4,6-7H,5H2,1-3H3,(H,10,11)/b6-4-,9-7+. The molecule has 2 nitrogen and oxygen atoms in total. The molecule has 0 aromatic heterocycles. The molecule has 0 bridgehead atoms. The molecule has 0 spiro atoms. The highest BCUT2D eigenvalue weighted by Gasteiger charge is 1.91. The van der Waals surface area contributed by atoms with Crippen LogP contribution in [0.5, 0.6) is 0 Å². The molecule has 62 valence electrons. The second-order valence-corrected chi connectivity index (χ2v) is 2.25. The van der Waals surface area contributed by atoms with Crippen LogP contribution in [0.1, 0.15) is 27.2 Å². The highest BCUT2D eigenvalue weighted by Crippen LogP contribution is 1.93. The molecule has 0 saturated carbocycles. The lowest BCUT2D eigenvalue weighted by atomic mass is 10.3. The highest BCUT2D eigenvalue weighted by molar-refractivity contribution is 5.75. The fourth-order valence-corrected chi connectivity index (χ4v) is 0.763. The summed E-state index contributed by atoms with van der Waals surface area (Å²) in [5, 5.41) is 2.72. The average molecular weight is 153 g/mol. The molecule has 0 aliphatic carbocycles. The molecule has 1 N–H and O–H groups in total. The largest absolute Gasteiger partial charge is 0.327 e. The molecular formula is C9H15NO. The van der Waals surface area contributed by atoms with Gasteiger partial charge in [0.15, 0.2) is 0 Å². The van der Waals surface area contributed by atoms with E-state index in [4.69, 9.17) is 0 Å². The third kappa shape index (κ3) is 5.40.